The average molecular weight is 314 g/mol. The van der Waals surface area contributed by atoms with Crippen LogP contribution in [0.5, 0.6) is 0 Å². The molecule has 0 spiro atoms. The summed E-state index contributed by atoms with van der Waals surface area (Å²) in [5.41, 5.74) is 0.332. The van der Waals surface area contributed by atoms with Gasteiger partial charge in [0.05, 0.1) is 29.1 Å². The third kappa shape index (κ3) is 2.49. The molecular formula is C14H13ClFNO4. The molecule has 112 valence electrons. The van der Waals surface area contributed by atoms with Gasteiger partial charge < -0.3 is 15.2 Å². The number of hydrogen-bond acceptors (Lipinski definition) is 3. The smallest absolute Gasteiger partial charge is 0.310 e. The highest BCUT2D eigenvalue weighted by Gasteiger charge is 2.55. The molecule has 1 aromatic carbocycles. The predicted molar refractivity (Wildman–Crippen MR) is 72.6 cm³/mol. The van der Waals surface area contributed by atoms with E-state index in [1.807, 2.05) is 0 Å². The Kier molecular flexibility index (Phi) is 3.59. The molecule has 2 heterocycles. The highest BCUT2D eigenvalue weighted by atomic mass is 35.5. The summed E-state index contributed by atoms with van der Waals surface area (Å²) in [5.74, 6) is -3.61. The van der Waals surface area contributed by atoms with Crippen molar-refractivity contribution in [2.75, 3.05) is 5.32 Å². The molecule has 2 fully saturated rings. The van der Waals surface area contributed by atoms with E-state index in [4.69, 9.17) is 16.3 Å². The Morgan fingerprint density at radius 3 is 2.57 bits per heavy atom. The average Bonchev–Trinajstić information content (AvgIpc) is 3.03. The first-order valence-electron chi connectivity index (χ1n) is 6.61. The number of carbonyl (C=O) groups excluding carboxylic acids is 1. The monoisotopic (exact) mass is 313 g/mol. The van der Waals surface area contributed by atoms with Crippen LogP contribution in [0.3, 0.4) is 0 Å². The zero-order chi connectivity index (χ0) is 15.1. The van der Waals surface area contributed by atoms with Gasteiger partial charge in [-0.15, -0.1) is 0 Å². The minimum Gasteiger partial charge on any atom is -0.481 e. The van der Waals surface area contributed by atoms with E-state index in [1.165, 1.54) is 12.1 Å². The van der Waals surface area contributed by atoms with Crippen LogP contribution >= 0.6 is 11.6 Å². The summed E-state index contributed by atoms with van der Waals surface area (Å²) < 4.78 is 18.6. The molecule has 2 aliphatic heterocycles. The first-order valence-corrected chi connectivity index (χ1v) is 6.99. The lowest BCUT2D eigenvalue weighted by Gasteiger charge is -2.23. The quantitative estimate of drug-likeness (QED) is 0.898. The summed E-state index contributed by atoms with van der Waals surface area (Å²) in [6.45, 7) is 0. The lowest BCUT2D eigenvalue weighted by atomic mass is 9.78. The van der Waals surface area contributed by atoms with Crippen LogP contribution < -0.4 is 5.32 Å². The maximum atomic E-state index is 13.1. The van der Waals surface area contributed by atoms with E-state index < -0.39 is 35.6 Å². The molecule has 2 saturated heterocycles. The molecule has 4 atom stereocenters. The second-order valence-corrected chi connectivity index (χ2v) is 5.71. The summed E-state index contributed by atoms with van der Waals surface area (Å²) in [6, 6.07) is 3.81. The number of fused-ring (bicyclic) bond motifs is 2. The zero-order valence-corrected chi connectivity index (χ0v) is 11.6. The lowest BCUT2D eigenvalue weighted by molar-refractivity contribution is -0.147. The summed E-state index contributed by atoms with van der Waals surface area (Å²) in [7, 11) is 0. The highest BCUT2D eigenvalue weighted by molar-refractivity contribution is 6.31. The Morgan fingerprint density at radius 2 is 1.95 bits per heavy atom. The number of carboxylic acid groups (broad SMARTS) is 1. The van der Waals surface area contributed by atoms with Crippen molar-refractivity contribution in [2.45, 2.75) is 25.0 Å². The molecule has 0 radical (unpaired) electrons. The molecule has 2 N–H and O–H groups in total. The molecule has 3 rings (SSSR count). The van der Waals surface area contributed by atoms with E-state index >= 15 is 0 Å². The van der Waals surface area contributed by atoms with Gasteiger partial charge in [-0.1, -0.05) is 11.6 Å². The molecule has 4 unspecified atom stereocenters. The third-order valence-electron chi connectivity index (χ3n) is 4.05. The van der Waals surface area contributed by atoms with Gasteiger partial charge in [-0.25, -0.2) is 4.39 Å². The molecule has 21 heavy (non-hydrogen) atoms. The number of ether oxygens (including phenoxy) is 1. The second kappa shape index (κ2) is 5.27. The van der Waals surface area contributed by atoms with Crippen molar-refractivity contribution in [3.63, 3.8) is 0 Å². The number of amides is 1. The fraction of sp³-hybridized carbons (Fsp3) is 0.429. The van der Waals surface area contributed by atoms with E-state index in [9.17, 15) is 19.1 Å². The van der Waals surface area contributed by atoms with Gasteiger partial charge in [-0.3, -0.25) is 9.59 Å². The summed E-state index contributed by atoms with van der Waals surface area (Å²) in [4.78, 5) is 23.7. The second-order valence-electron chi connectivity index (χ2n) is 5.30. The van der Waals surface area contributed by atoms with Crippen molar-refractivity contribution in [2.24, 2.45) is 11.8 Å². The maximum Gasteiger partial charge on any atom is 0.310 e. The summed E-state index contributed by atoms with van der Waals surface area (Å²) >= 11 is 5.65. The van der Waals surface area contributed by atoms with E-state index in [-0.39, 0.29) is 11.1 Å². The van der Waals surface area contributed by atoms with Crippen molar-refractivity contribution in [3.05, 3.63) is 29.0 Å². The number of aliphatic carboxylic acids is 1. The van der Waals surface area contributed by atoms with E-state index in [1.54, 1.807) is 0 Å². The van der Waals surface area contributed by atoms with Gasteiger partial charge in [0.25, 0.3) is 0 Å². The van der Waals surface area contributed by atoms with Crippen molar-refractivity contribution < 1.29 is 23.8 Å². The maximum absolute atomic E-state index is 13.1. The fourth-order valence-corrected chi connectivity index (χ4v) is 3.30. The fourth-order valence-electron chi connectivity index (χ4n) is 3.12. The van der Waals surface area contributed by atoms with Gasteiger partial charge in [0.1, 0.15) is 5.82 Å². The first-order chi connectivity index (χ1) is 9.97. The van der Waals surface area contributed by atoms with Crippen LogP contribution in [0.4, 0.5) is 10.1 Å². The molecule has 5 nitrogen and oxygen atoms in total. The predicted octanol–water partition coefficient (Wildman–Crippen LogP) is 2.30. The van der Waals surface area contributed by atoms with Gasteiger partial charge in [0.2, 0.25) is 5.91 Å². The molecule has 1 amide bonds. The number of rotatable bonds is 3. The summed E-state index contributed by atoms with van der Waals surface area (Å²) in [5, 5.41) is 11.8. The van der Waals surface area contributed by atoms with Gasteiger partial charge in [-0.05, 0) is 31.0 Å². The highest BCUT2D eigenvalue weighted by Crippen LogP contribution is 2.44. The largest absolute Gasteiger partial charge is 0.481 e. The van der Waals surface area contributed by atoms with Crippen LogP contribution in [-0.4, -0.2) is 29.2 Å². The summed E-state index contributed by atoms with van der Waals surface area (Å²) in [6.07, 6.45) is 0.567. The van der Waals surface area contributed by atoms with Crippen molar-refractivity contribution in [1.29, 1.82) is 0 Å². The molecule has 2 bridgehead atoms. The number of nitrogens with one attached hydrogen (secondary N) is 1. The number of halogens is 2. The van der Waals surface area contributed by atoms with Gasteiger partial charge in [0.15, 0.2) is 0 Å². The van der Waals surface area contributed by atoms with Crippen LogP contribution in [0.25, 0.3) is 0 Å². The van der Waals surface area contributed by atoms with Crippen LogP contribution in [0.2, 0.25) is 5.02 Å². The number of carboxylic acids is 1. The molecule has 0 saturated carbocycles. The number of carbonyl (C=O) groups is 2. The van der Waals surface area contributed by atoms with E-state index in [0.29, 0.717) is 18.5 Å². The third-order valence-corrected chi connectivity index (χ3v) is 4.34. The number of anilines is 1. The molecule has 0 aromatic heterocycles. The Bertz CT molecular complexity index is 609. The molecule has 1 aromatic rings. The molecule has 0 aliphatic carbocycles. The topological polar surface area (TPSA) is 75.6 Å². The standard InChI is InChI=1S/C14H13ClFNO4/c15-7-5-6(1-2-8(7)16)17-13(18)11-9-3-4-10(21-9)12(11)14(19)20/h1-2,5,9-12H,3-4H2,(H,17,18)(H,19,20). The van der Waals surface area contributed by atoms with Crippen LogP contribution in [-0.2, 0) is 14.3 Å². The van der Waals surface area contributed by atoms with Crippen LogP contribution in [0.15, 0.2) is 18.2 Å². The molecule has 2 aliphatic rings. The molecular weight excluding hydrogens is 301 g/mol. The minimum absolute atomic E-state index is 0.105. The Morgan fingerprint density at radius 1 is 1.29 bits per heavy atom. The number of hydrogen-bond donors (Lipinski definition) is 2. The van der Waals surface area contributed by atoms with E-state index in [2.05, 4.69) is 5.32 Å². The van der Waals surface area contributed by atoms with Gasteiger partial charge >= 0.3 is 5.97 Å². The lowest BCUT2D eigenvalue weighted by Crippen LogP contribution is -2.40. The van der Waals surface area contributed by atoms with Crippen molar-refractivity contribution in [1.82, 2.24) is 0 Å². The normalized spacial score (nSPS) is 30.4. The van der Waals surface area contributed by atoms with Crippen LogP contribution in [0.1, 0.15) is 12.8 Å². The zero-order valence-electron chi connectivity index (χ0n) is 10.9. The first kappa shape index (κ1) is 14.3. The molecule has 7 heteroatoms. The minimum atomic E-state index is -1.03. The van der Waals surface area contributed by atoms with Crippen molar-refractivity contribution in [3.8, 4) is 0 Å². The number of benzene rings is 1. The van der Waals surface area contributed by atoms with Crippen molar-refractivity contribution >= 4 is 29.2 Å². The van der Waals surface area contributed by atoms with Gasteiger partial charge in [0, 0.05) is 5.69 Å². The van der Waals surface area contributed by atoms with Crippen LogP contribution in [0, 0.1) is 17.7 Å². The SMILES string of the molecule is O=C(O)C1C2CCC(O2)C1C(=O)Nc1ccc(F)c(Cl)c1. The van der Waals surface area contributed by atoms with E-state index in [0.717, 1.165) is 6.07 Å². The Labute approximate surface area is 125 Å². The Hall–Kier alpha value is -1.66. The van der Waals surface area contributed by atoms with Gasteiger partial charge in [-0.2, -0.15) is 0 Å². The Balaban J connectivity index is 1.78.